The molecule has 0 unspecified atom stereocenters. The van der Waals surface area contributed by atoms with Crippen molar-refractivity contribution in [2.75, 3.05) is 13.2 Å². The number of carbonyl (C=O) groups excluding carboxylic acids is 1. The Morgan fingerprint density at radius 2 is 1.76 bits per heavy atom. The lowest BCUT2D eigenvalue weighted by Crippen LogP contribution is -2.16. The highest BCUT2D eigenvalue weighted by atomic mass is 16.5. The van der Waals surface area contributed by atoms with Crippen molar-refractivity contribution < 1.29 is 24.2 Å². The molecule has 33 heavy (non-hydrogen) atoms. The summed E-state index contributed by atoms with van der Waals surface area (Å²) >= 11 is 0. The second kappa shape index (κ2) is 10.7. The van der Waals surface area contributed by atoms with Crippen molar-refractivity contribution in [3.63, 3.8) is 0 Å². The molecule has 2 aromatic carbocycles. The summed E-state index contributed by atoms with van der Waals surface area (Å²) in [6, 6.07) is 14.5. The minimum Gasteiger partial charge on any atom is -0.478 e. The van der Waals surface area contributed by atoms with Crippen LogP contribution in [0.5, 0.6) is 0 Å². The highest BCUT2D eigenvalue weighted by Crippen LogP contribution is 2.26. The number of allylic oxidation sites excluding steroid dienone is 1. The van der Waals surface area contributed by atoms with E-state index in [4.69, 9.17) is 9.47 Å². The van der Waals surface area contributed by atoms with Gasteiger partial charge in [0.05, 0.1) is 17.9 Å². The minimum atomic E-state index is -0.972. The lowest BCUT2D eigenvalue weighted by Gasteiger charge is -2.13. The minimum absolute atomic E-state index is 0.245. The molecule has 7 nitrogen and oxygen atoms in total. The Balaban J connectivity index is 2.01. The third-order valence-electron chi connectivity index (χ3n) is 5.12. The van der Waals surface area contributed by atoms with E-state index in [9.17, 15) is 14.7 Å². The summed E-state index contributed by atoms with van der Waals surface area (Å²) in [5.74, 6) is -0.823. The summed E-state index contributed by atoms with van der Waals surface area (Å²) in [5.41, 5.74) is 4.11. The SMILES string of the molecule is C=C(C)c1nc(COCC)n(Cc2ccc(-c3ccccc3C(=O)O)cc2)c1C(=O)OCC. The topological polar surface area (TPSA) is 90.7 Å². The normalized spacial score (nSPS) is 10.8. The van der Waals surface area contributed by atoms with Gasteiger partial charge in [0.15, 0.2) is 5.69 Å². The van der Waals surface area contributed by atoms with Gasteiger partial charge < -0.3 is 19.1 Å². The number of carboxylic acids is 1. The maximum Gasteiger partial charge on any atom is 0.357 e. The van der Waals surface area contributed by atoms with Gasteiger partial charge >= 0.3 is 11.9 Å². The third kappa shape index (κ3) is 5.38. The molecule has 0 saturated carbocycles. The molecular formula is C26H28N2O5. The number of benzene rings is 2. The monoisotopic (exact) mass is 448 g/mol. The molecule has 0 bridgehead atoms. The van der Waals surface area contributed by atoms with Crippen molar-refractivity contribution >= 4 is 17.5 Å². The number of hydrogen-bond donors (Lipinski definition) is 1. The van der Waals surface area contributed by atoms with Gasteiger partial charge in [0.25, 0.3) is 0 Å². The molecule has 172 valence electrons. The highest BCUT2D eigenvalue weighted by Gasteiger charge is 2.25. The molecule has 1 aromatic heterocycles. The Morgan fingerprint density at radius 1 is 1.06 bits per heavy atom. The fourth-order valence-electron chi connectivity index (χ4n) is 3.57. The van der Waals surface area contributed by atoms with E-state index in [0.29, 0.717) is 41.5 Å². The first kappa shape index (κ1) is 23.9. The quantitative estimate of drug-likeness (QED) is 0.437. The van der Waals surface area contributed by atoms with Crippen LogP contribution in [0, 0.1) is 0 Å². The second-order valence-corrected chi connectivity index (χ2v) is 7.50. The highest BCUT2D eigenvalue weighted by molar-refractivity contribution is 5.96. The number of hydrogen-bond acceptors (Lipinski definition) is 5. The Bertz CT molecular complexity index is 1160. The smallest absolute Gasteiger partial charge is 0.357 e. The predicted molar refractivity (Wildman–Crippen MR) is 126 cm³/mol. The van der Waals surface area contributed by atoms with Crippen molar-refractivity contribution in [3.05, 3.63) is 83.4 Å². The number of esters is 1. The molecule has 0 amide bonds. The third-order valence-corrected chi connectivity index (χ3v) is 5.12. The number of imidazole rings is 1. The van der Waals surface area contributed by atoms with Crippen molar-refractivity contribution in [2.45, 2.75) is 33.9 Å². The number of carboxylic acid groups (broad SMARTS) is 1. The molecule has 1 N–H and O–H groups in total. The van der Waals surface area contributed by atoms with Crippen LogP contribution < -0.4 is 0 Å². The second-order valence-electron chi connectivity index (χ2n) is 7.50. The van der Waals surface area contributed by atoms with E-state index in [0.717, 1.165) is 11.1 Å². The van der Waals surface area contributed by atoms with Gasteiger partial charge in [-0.05, 0) is 49.1 Å². The number of ether oxygens (including phenoxy) is 2. The van der Waals surface area contributed by atoms with E-state index in [1.54, 1.807) is 36.6 Å². The van der Waals surface area contributed by atoms with Crippen LogP contribution in [0.2, 0.25) is 0 Å². The zero-order valence-electron chi connectivity index (χ0n) is 19.1. The lowest BCUT2D eigenvalue weighted by molar-refractivity contribution is 0.0511. The molecule has 0 atom stereocenters. The van der Waals surface area contributed by atoms with Crippen molar-refractivity contribution in [1.82, 2.24) is 9.55 Å². The maximum atomic E-state index is 12.8. The van der Waals surface area contributed by atoms with Crippen LogP contribution in [-0.4, -0.2) is 39.8 Å². The van der Waals surface area contributed by atoms with E-state index in [1.165, 1.54) is 0 Å². The Hall–Kier alpha value is -3.71. The van der Waals surface area contributed by atoms with Gasteiger partial charge in [-0.15, -0.1) is 0 Å². The van der Waals surface area contributed by atoms with Crippen LogP contribution >= 0.6 is 0 Å². The molecule has 1 heterocycles. The predicted octanol–water partition coefficient (Wildman–Crippen LogP) is 5.04. The van der Waals surface area contributed by atoms with Crippen LogP contribution in [0.15, 0.2) is 55.1 Å². The zero-order chi connectivity index (χ0) is 24.0. The van der Waals surface area contributed by atoms with Gasteiger partial charge in [-0.1, -0.05) is 49.0 Å². The molecule has 0 saturated heterocycles. The van der Waals surface area contributed by atoms with Crippen molar-refractivity contribution in [3.8, 4) is 11.1 Å². The van der Waals surface area contributed by atoms with Gasteiger partial charge in [0.2, 0.25) is 0 Å². The Kier molecular flexibility index (Phi) is 7.79. The van der Waals surface area contributed by atoms with E-state index in [2.05, 4.69) is 11.6 Å². The lowest BCUT2D eigenvalue weighted by atomic mass is 9.99. The molecule has 3 aromatic rings. The van der Waals surface area contributed by atoms with Crippen LogP contribution in [-0.2, 0) is 22.6 Å². The molecule has 0 fully saturated rings. The number of aromatic nitrogens is 2. The van der Waals surface area contributed by atoms with Gasteiger partial charge in [-0.25, -0.2) is 14.6 Å². The molecule has 0 aliphatic carbocycles. The first-order valence-electron chi connectivity index (χ1n) is 10.8. The fourth-order valence-corrected chi connectivity index (χ4v) is 3.57. The van der Waals surface area contributed by atoms with Crippen LogP contribution in [0.1, 0.15) is 58.7 Å². The molecule has 0 aliphatic heterocycles. The standard InChI is InChI=1S/C26H28N2O5/c1-5-32-16-22-27-23(17(3)4)24(26(31)33-6-2)28(22)15-18-11-13-19(14-12-18)20-9-7-8-10-21(20)25(29)30/h7-14H,3,5-6,15-16H2,1-2,4H3,(H,29,30). The first-order chi connectivity index (χ1) is 15.9. The van der Waals surface area contributed by atoms with E-state index < -0.39 is 11.9 Å². The molecule has 7 heteroatoms. The number of aromatic carboxylic acids is 1. The zero-order valence-corrected chi connectivity index (χ0v) is 19.1. The first-order valence-corrected chi connectivity index (χ1v) is 10.8. The van der Waals surface area contributed by atoms with Gasteiger partial charge in [0, 0.05) is 13.2 Å². The summed E-state index contributed by atoms with van der Waals surface area (Å²) < 4.78 is 12.7. The maximum absolute atomic E-state index is 12.8. The Morgan fingerprint density at radius 3 is 2.36 bits per heavy atom. The number of nitrogens with zero attached hydrogens (tertiary/aromatic N) is 2. The van der Waals surface area contributed by atoms with Crippen LogP contribution in [0.4, 0.5) is 0 Å². The number of rotatable bonds is 10. The van der Waals surface area contributed by atoms with E-state index in [-0.39, 0.29) is 18.8 Å². The largest absolute Gasteiger partial charge is 0.478 e. The summed E-state index contributed by atoms with van der Waals surface area (Å²) in [4.78, 5) is 29.0. The van der Waals surface area contributed by atoms with E-state index >= 15 is 0 Å². The van der Waals surface area contributed by atoms with Crippen LogP contribution in [0.3, 0.4) is 0 Å². The van der Waals surface area contributed by atoms with Gasteiger partial charge in [-0.2, -0.15) is 0 Å². The summed E-state index contributed by atoms with van der Waals surface area (Å²) in [6.07, 6.45) is 0. The average molecular weight is 449 g/mol. The number of carbonyl (C=O) groups is 2. The molecule has 3 rings (SSSR count). The summed E-state index contributed by atoms with van der Waals surface area (Å²) in [6.45, 7) is 10.8. The van der Waals surface area contributed by atoms with E-state index in [1.807, 2.05) is 37.3 Å². The van der Waals surface area contributed by atoms with Crippen molar-refractivity contribution in [2.24, 2.45) is 0 Å². The molecule has 0 aliphatic rings. The van der Waals surface area contributed by atoms with Crippen molar-refractivity contribution in [1.29, 1.82) is 0 Å². The van der Waals surface area contributed by atoms with Gasteiger partial charge in [-0.3, -0.25) is 0 Å². The molecule has 0 radical (unpaired) electrons. The Labute approximate surface area is 193 Å². The molecular weight excluding hydrogens is 420 g/mol. The summed E-state index contributed by atoms with van der Waals surface area (Å²) in [7, 11) is 0. The average Bonchev–Trinajstić information content (AvgIpc) is 3.16. The van der Waals surface area contributed by atoms with Crippen LogP contribution in [0.25, 0.3) is 16.7 Å². The fraction of sp³-hybridized carbons (Fsp3) is 0.269. The summed E-state index contributed by atoms with van der Waals surface area (Å²) in [5, 5.41) is 9.48. The van der Waals surface area contributed by atoms with Gasteiger partial charge in [0.1, 0.15) is 12.4 Å². The molecule has 0 spiro atoms.